The van der Waals surface area contributed by atoms with Crippen LogP contribution in [0, 0.1) is 11.8 Å². The summed E-state index contributed by atoms with van der Waals surface area (Å²) in [7, 11) is 0. The highest BCUT2D eigenvalue weighted by atomic mass is 32.1. The molecule has 1 fully saturated rings. The van der Waals surface area contributed by atoms with Crippen molar-refractivity contribution in [3.63, 3.8) is 0 Å². The Kier molecular flexibility index (Phi) is 42.3. The standard InChI is InChI=1S/C50H92N6O15S/c57-43(19-14-12-10-8-6-4-2-1-3-5-7-9-11-13-15-20-47(61)62)54-36-39-21-23-40(24-22-39)48(63)55-41(49(64)65)25-26-44(58)52-28-30-68-32-35-71-38-46(60)53-29-31-69-33-34-70-37-45(59)51-27-17-16-18-42(56-72)50(66)67/h39-42,49,56,64-65,72H,1-38H2,(H,51,59)(H,52,58)(H,53,60)(H,54,57)(H,55,63)(H,61,62)(H,66,67)/t39-,40-,41-,42-/m0/s1. The number of amides is 5. The van der Waals surface area contributed by atoms with E-state index in [2.05, 4.69) is 44.1 Å². The van der Waals surface area contributed by atoms with Crippen LogP contribution in [0.1, 0.15) is 167 Å². The van der Waals surface area contributed by atoms with Gasteiger partial charge in [0, 0.05) is 51.4 Å². The lowest BCUT2D eigenvalue weighted by molar-refractivity contribution is -0.139. The van der Waals surface area contributed by atoms with Gasteiger partial charge in [0.05, 0.1) is 45.7 Å². The lowest BCUT2D eigenvalue weighted by Crippen LogP contribution is -2.47. The number of thiol groups is 1. The molecule has 418 valence electrons. The number of carboxylic acid groups (broad SMARTS) is 2. The number of hydrogen-bond donors (Lipinski definition) is 11. The first kappa shape index (κ1) is 66.4. The maximum atomic E-state index is 13.0. The first-order valence-corrected chi connectivity index (χ1v) is 27.2. The minimum Gasteiger partial charge on any atom is -0.481 e. The smallest absolute Gasteiger partial charge is 0.321 e. The SMILES string of the molecule is O=C(O)CCCCCCCCCCCCCCCCCC(=O)NC[C@H]1CC[C@H](C(=O)N[C@@H](CCC(=O)NCCOCCOCC(=O)NCCOCCOCC(=O)NCCCC[C@H](NS)C(=O)O)C(O)O)CC1. The predicted octanol–water partition coefficient (Wildman–Crippen LogP) is 3.67. The van der Waals surface area contributed by atoms with Crippen molar-refractivity contribution in [3.8, 4) is 0 Å². The van der Waals surface area contributed by atoms with Crippen molar-refractivity contribution in [2.24, 2.45) is 11.8 Å². The molecule has 0 radical (unpaired) electrons. The summed E-state index contributed by atoms with van der Waals surface area (Å²) in [6.07, 6.45) is 20.8. The van der Waals surface area contributed by atoms with Crippen LogP contribution >= 0.6 is 12.8 Å². The molecule has 1 rings (SSSR count). The van der Waals surface area contributed by atoms with E-state index in [1.807, 2.05) is 0 Å². The highest BCUT2D eigenvalue weighted by molar-refractivity contribution is 7.78. The quantitative estimate of drug-likeness (QED) is 0.0235. The molecule has 2 atom stereocenters. The van der Waals surface area contributed by atoms with E-state index in [0.717, 1.165) is 51.4 Å². The van der Waals surface area contributed by atoms with E-state index in [1.54, 1.807) is 0 Å². The van der Waals surface area contributed by atoms with Crippen molar-refractivity contribution in [2.75, 3.05) is 79.0 Å². The number of carbonyl (C=O) groups excluding carboxylic acids is 5. The topological polar surface area (TPSA) is 310 Å². The number of carboxylic acids is 2. The third kappa shape index (κ3) is 39.8. The predicted molar refractivity (Wildman–Crippen MR) is 274 cm³/mol. The summed E-state index contributed by atoms with van der Waals surface area (Å²) in [6, 6.07) is -1.73. The Morgan fingerprint density at radius 1 is 0.486 bits per heavy atom. The number of nitrogens with one attached hydrogen (secondary N) is 6. The number of aliphatic carboxylic acids is 2. The van der Waals surface area contributed by atoms with Crippen molar-refractivity contribution in [2.45, 2.75) is 185 Å². The van der Waals surface area contributed by atoms with Gasteiger partial charge in [-0.3, -0.25) is 38.3 Å². The fourth-order valence-electron chi connectivity index (χ4n) is 8.15. The van der Waals surface area contributed by atoms with Gasteiger partial charge in [-0.25, -0.2) is 0 Å². The molecule has 0 aromatic rings. The Morgan fingerprint density at radius 2 is 0.944 bits per heavy atom. The summed E-state index contributed by atoms with van der Waals surface area (Å²) in [5.41, 5.74) is 0. The summed E-state index contributed by atoms with van der Waals surface area (Å²) in [5.74, 6) is -2.81. The minimum atomic E-state index is -1.83. The second-order valence-electron chi connectivity index (χ2n) is 18.7. The Hall–Kier alpha value is -3.64. The molecular formula is C50H92N6O15S. The zero-order valence-corrected chi connectivity index (χ0v) is 43.9. The van der Waals surface area contributed by atoms with E-state index < -0.39 is 30.3 Å². The van der Waals surface area contributed by atoms with Gasteiger partial charge in [0.1, 0.15) is 19.3 Å². The first-order chi connectivity index (χ1) is 34.8. The third-order valence-corrected chi connectivity index (χ3v) is 12.8. The summed E-state index contributed by atoms with van der Waals surface area (Å²) >= 11 is 3.78. The number of aliphatic hydroxyl groups is 2. The van der Waals surface area contributed by atoms with E-state index in [9.17, 15) is 43.8 Å². The molecule has 1 saturated carbocycles. The second-order valence-corrected chi connectivity index (χ2v) is 18.9. The maximum absolute atomic E-state index is 13.0. The second kappa shape index (κ2) is 45.9. The van der Waals surface area contributed by atoms with Crippen LogP contribution < -0.4 is 31.3 Å². The summed E-state index contributed by atoms with van der Waals surface area (Å²) in [6.45, 7) is 2.37. The van der Waals surface area contributed by atoms with Gasteiger partial charge in [-0.1, -0.05) is 96.3 Å². The van der Waals surface area contributed by atoms with Crippen LogP contribution in [0.2, 0.25) is 0 Å². The van der Waals surface area contributed by atoms with Crippen LogP contribution in [0.4, 0.5) is 0 Å². The third-order valence-electron chi connectivity index (χ3n) is 12.5. The highest BCUT2D eigenvalue weighted by Gasteiger charge is 2.29. The number of carbonyl (C=O) groups is 7. The Balaban J connectivity index is 1.98. The van der Waals surface area contributed by atoms with Crippen molar-refractivity contribution in [1.82, 2.24) is 31.3 Å². The Morgan fingerprint density at radius 3 is 1.43 bits per heavy atom. The molecule has 1 aliphatic rings. The molecule has 21 nitrogen and oxygen atoms in total. The number of ether oxygens (including phenoxy) is 4. The summed E-state index contributed by atoms with van der Waals surface area (Å²) in [5, 5.41) is 51.3. The molecule has 0 unspecified atom stereocenters. The van der Waals surface area contributed by atoms with Crippen LogP contribution in [0.25, 0.3) is 0 Å². The van der Waals surface area contributed by atoms with Crippen molar-refractivity contribution >= 4 is 54.3 Å². The average Bonchev–Trinajstić information content (AvgIpc) is 3.35. The largest absolute Gasteiger partial charge is 0.481 e. The first-order valence-electron chi connectivity index (χ1n) is 26.7. The molecule has 10 N–H and O–H groups in total. The monoisotopic (exact) mass is 1050 g/mol. The van der Waals surface area contributed by atoms with Gasteiger partial charge in [0.15, 0.2) is 6.29 Å². The van der Waals surface area contributed by atoms with Gasteiger partial charge in [0.2, 0.25) is 29.5 Å². The Bertz CT molecular complexity index is 1460. The molecule has 22 heteroatoms. The van der Waals surface area contributed by atoms with Gasteiger partial charge in [0.25, 0.3) is 0 Å². The number of unbranched alkanes of at least 4 members (excludes halogenated alkanes) is 15. The number of hydrogen-bond acceptors (Lipinski definition) is 15. The lowest BCUT2D eigenvalue weighted by atomic mass is 9.81. The van der Waals surface area contributed by atoms with Crippen LogP contribution in [-0.2, 0) is 52.5 Å². The zero-order valence-electron chi connectivity index (χ0n) is 43.0. The van der Waals surface area contributed by atoms with E-state index in [1.165, 1.54) is 57.8 Å². The molecule has 1 aliphatic carbocycles. The van der Waals surface area contributed by atoms with Crippen LogP contribution in [0.3, 0.4) is 0 Å². The molecule has 0 aromatic heterocycles. The highest BCUT2D eigenvalue weighted by Crippen LogP contribution is 2.29. The summed E-state index contributed by atoms with van der Waals surface area (Å²) < 4.78 is 23.8. The molecule has 0 bridgehead atoms. The molecule has 0 spiro atoms. The fraction of sp³-hybridized carbons (Fsp3) is 0.860. The van der Waals surface area contributed by atoms with E-state index in [-0.39, 0.29) is 121 Å². The molecule has 0 aromatic carbocycles. The molecular weight excluding hydrogens is 957 g/mol. The van der Waals surface area contributed by atoms with E-state index in [0.29, 0.717) is 57.5 Å². The van der Waals surface area contributed by atoms with Gasteiger partial charge in [-0.15, -0.1) is 0 Å². The van der Waals surface area contributed by atoms with Gasteiger partial charge < -0.3 is 66.0 Å². The summed E-state index contributed by atoms with van der Waals surface area (Å²) in [4.78, 5) is 83.1. The molecule has 0 saturated heterocycles. The maximum Gasteiger partial charge on any atom is 0.321 e. The van der Waals surface area contributed by atoms with Crippen LogP contribution in [0.15, 0.2) is 0 Å². The average molecular weight is 1050 g/mol. The Labute approximate surface area is 433 Å². The van der Waals surface area contributed by atoms with Crippen molar-refractivity contribution < 1.29 is 72.9 Å². The molecule has 72 heavy (non-hydrogen) atoms. The number of rotatable bonds is 49. The molecule has 0 aliphatic heterocycles. The lowest BCUT2D eigenvalue weighted by Gasteiger charge is -2.29. The molecule has 5 amide bonds. The van der Waals surface area contributed by atoms with E-state index >= 15 is 0 Å². The van der Waals surface area contributed by atoms with Gasteiger partial charge in [-0.2, -0.15) is 0 Å². The number of aliphatic hydroxyl groups excluding tert-OH is 1. The minimum absolute atomic E-state index is 0.0361. The normalized spacial score (nSPS) is 15.4. The van der Waals surface area contributed by atoms with Crippen LogP contribution in [-0.4, -0.2) is 159 Å². The van der Waals surface area contributed by atoms with Crippen LogP contribution in [0.5, 0.6) is 0 Å². The van der Waals surface area contributed by atoms with Gasteiger partial charge in [-0.05, 0) is 70.1 Å². The molecule has 0 heterocycles. The van der Waals surface area contributed by atoms with E-state index in [4.69, 9.17) is 29.2 Å². The van der Waals surface area contributed by atoms with Crippen molar-refractivity contribution in [3.05, 3.63) is 0 Å². The van der Waals surface area contributed by atoms with Crippen molar-refractivity contribution in [1.29, 1.82) is 0 Å². The zero-order chi connectivity index (χ0) is 52.9. The fourth-order valence-corrected chi connectivity index (χ4v) is 8.39. The van der Waals surface area contributed by atoms with Gasteiger partial charge >= 0.3 is 11.9 Å².